The van der Waals surface area contributed by atoms with E-state index in [1.54, 1.807) is 6.08 Å². The molecule has 3 heteroatoms. The maximum absolute atomic E-state index is 11.9. The number of allylic oxidation sites excluding steroid dienone is 2. The van der Waals surface area contributed by atoms with E-state index in [9.17, 15) is 4.79 Å². The van der Waals surface area contributed by atoms with Crippen molar-refractivity contribution in [3.05, 3.63) is 80.6 Å². The highest BCUT2D eigenvalue weighted by atomic mass is 16.1. The van der Waals surface area contributed by atoms with Gasteiger partial charge in [-0.15, -0.1) is 0 Å². The second-order valence-corrected chi connectivity index (χ2v) is 8.90. The van der Waals surface area contributed by atoms with Crippen LogP contribution in [0.25, 0.3) is 6.08 Å². The number of unbranched alkanes of at least 4 members (excludes halogenated alkanes) is 1. The van der Waals surface area contributed by atoms with Crippen LogP contribution in [-0.4, -0.2) is 9.97 Å². The van der Waals surface area contributed by atoms with Crippen LogP contribution in [0.3, 0.4) is 0 Å². The maximum Gasteiger partial charge on any atom is 0.258 e. The molecule has 0 aliphatic heterocycles. The number of benzene rings is 1. The van der Waals surface area contributed by atoms with Crippen LogP contribution < -0.4 is 5.56 Å². The fourth-order valence-electron chi connectivity index (χ4n) is 3.45. The van der Waals surface area contributed by atoms with Gasteiger partial charge in [0.1, 0.15) is 5.82 Å². The highest BCUT2D eigenvalue weighted by molar-refractivity contribution is 5.55. The summed E-state index contributed by atoms with van der Waals surface area (Å²) in [5, 5.41) is 0. The molecule has 0 saturated heterocycles. The molecule has 0 amide bonds. The summed E-state index contributed by atoms with van der Waals surface area (Å²) in [4.78, 5) is 19.2. The van der Waals surface area contributed by atoms with Crippen molar-refractivity contribution in [2.45, 2.75) is 86.5 Å². The Labute approximate surface area is 183 Å². The van der Waals surface area contributed by atoms with Gasteiger partial charge in [-0.3, -0.25) is 4.79 Å². The van der Waals surface area contributed by atoms with Crippen molar-refractivity contribution >= 4 is 6.08 Å². The van der Waals surface area contributed by atoms with Crippen molar-refractivity contribution in [1.82, 2.24) is 9.97 Å². The van der Waals surface area contributed by atoms with Gasteiger partial charge in [0, 0.05) is 6.42 Å². The lowest BCUT2D eigenvalue weighted by Gasteiger charge is -2.23. The largest absolute Gasteiger partial charge is 0.310 e. The molecule has 1 aromatic carbocycles. The minimum absolute atomic E-state index is 0.0650. The molecular weight excluding hydrogens is 368 g/mol. The van der Waals surface area contributed by atoms with Crippen LogP contribution in [0, 0.1) is 13.8 Å². The summed E-state index contributed by atoms with van der Waals surface area (Å²) in [6.07, 6.45) is 7.65. The van der Waals surface area contributed by atoms with Crippen LogP contribution in [-0.2, 0) is 18.3 Å². The van der Waals surface area contributed by atoms with E-state index >= 15 is 0 Å². The fourth-order valence-corrected chi connectivity index (χ4v) is 3.45. The molecule has 1 N–H and O–H groups in total. The Morgan fingerprint density at radius 1 is 1.20 bits per heavy atom. The third kappa shape index (κ3) is 7.44. The lowest BCUT2D eigenvalue weighted by Crippen LogP contribution is -2.16. The number of H-pyrrole nitrogens is 1. The van der Waals surface area contributed by atoms with Gasteiger partial charge in [0.05, 0.1) is 11.3 Å². The van der Waals surface area contributed by atoms with E-state index < -0.39 is 0 Å². The van der Waals surface area contributed by atoms with Gasteiger partial charge in [0.15, 0.2) is 0 Å². The van der Waals surface area contributed by atoms with E-state index in [1.807, 2.05) is 19.9 Å². The highest BCUT2D eigenvalue weighted by Crippen LogP contribution is 2.27. The molecule has 1 aromatic heterocycles. The van der Waals surface area contributed by atoms with Crippen LogP contribution in [0.15, 0.2) is 41.2 Å². The van der Waals surface area contributed by atoms with Crippen molar-refractivity contribution in [3.8, 4) is 0 Å². The molecule has 2 rings (SSSR count). The van der Waals surface area contributed by atoms with Crippen LogP contribution in [0.5, 0.6) is 0 Å². The smallest absolute Gasteiger partial charge is 0.258 e. The number of aromatic nitrogens is 2. The number of nitrogens with zero attached hydrogens (tertiary/aromatic N) is 1. The molecule has 0 unspecified atom stereocenters. The first kappa shape index (κ1) is 25.6. The van der Waals surface area contributed by atoms with Crippen LogP contribution in [0.1, 0.15) is 88.2 Å². The normalized spacial score (nSPS) is 11.7. The zero-order valence-electron chi connectivity index (χ0n) is 20.3. The molecule has 0 spiro atoms. The van der Waals surface area contributed by atoms with Gasteiger partial charge < -0.3 is 4.98 Å². The predicted molar refractivity (Wildman–Crippen MR) is 131 cm³/mol. The Kier molecular flexibility index (Phi) is 9.98. The van der Waals surface area contributed by atoms with Gasteiger partial charge in [-0.2, -0.15) is 0 Å². The fraction of sp³-hybridized carbons (Fsp3) is 0.481. The lowest BCUT2D eigenvalue weighted by atomic mass is 9.82. The van der Waals surface area contributed by atoms with Crippen molar-refractivity contribution in [2.75, 3.05) is 0 Å². The molecular formula is C27H40N2O. The Bertz CT molecular complexity index is 927. The zero-order valence-corrected chi connectivity index (χ0v) is 20.3. The summed E-state index contributed by atoms with van der Waals surface area (Å²) < 4.78 is 0. The van der Waals surface area contributed by atoms with Gasteiger partial charge in [-0.25, -0.2) is 4.98 Å². The Morgan fingerprint density at radius 2 is 1.87 bits per heavy atom. The van der Waals surface area contributed by atoms with Gasteiger partial charge in [0.2, 0.25) is 0 Å². The third-order valence-electron chi connectivity index (χ3n) is 5.29. The molecule has 0 radical (unpaired) electrons. The molecule has 30 heavy (non-hydrogen) atoms. The molecule has 0 bridgehead atoms. The third-order valence-corrected chi connectivity index (χ3v) is 5.29. The second kappa shape index (κ2) is 11.7. The average Bonchev–Trinajstić information content (AvgIpc) is 2.68. The van der Waals surface area contributed by atoms with E-state index in [4.69, 9.17) is 0 Å². The quantitative estimate of drug-likeness (QED) is 0.530. The molecule has 3 nitrogen and oxygen atoms in total. The molecule has 0 atom stereocenters. The Hall–Kier alpha value is -2.42. The molecule has 164 valence electrons. The van der Waals surface area contributed by atoms with Crippen molar-refractivity contribution < 1.29 is 0 Å². The molecule has 1 heterocycles. The minimum atomic E-state index is -0.0650. The number of aromatic amines is 1. The van der Waals surface area contributed by atoms with Crippen molar-refractivity contribution in [2.24, 2.45) is 0 Å². The number of hydrogen-bond acceptors (Lipinski definition) is 2. The summed E-state index contributed by atoms with van der Waals surface area (Å²) in [5.74, 6) is 0.780. The molecule has 0 saturated carbocycles. The van der Waals surface area contributed by atoms with Crippen LogP contribution in [0.4, 0.5) is 0 Å². The van der Waals surface area contributed by atoms with Gasteiger partial charge >= 0.3 is 0 Å². The average molecular weight is 409 g/mol. The van der Waals surface area contributed by atoms with E-state index in [-0.39, 0.29) is 11.0 Å². The van der Waals surface area contributed by atoms with E-state index in [2.05, 4.69) is 76.3 Å². The number of aryl methyl sites for hydroxylation is 3. The Morgan fingerprint density at radius 3 is 2.37 bits per heavy atom. The van der Waals surface area contributed by atoms with Gasteiger partial charge in [-0.05, 0) is 61.8 Å². The SMILES string of the molecule is C=C/C(C)=C\c1c(C)nc(CCCC)[nH]c1=O.CCc1cccc(C(C)(C)C)c1C. The molecule has 0 aliphatic carbocycles. The number of nitrogens with one attached hydrogen (secondary N) is 1. The summed E-state index contributed by atoms with van der Waals surface area (Å²) in [6.45, 7) is 20.8. The summed E-state index contributed by atoms with van der Waals surface area (Å²) in [5.41, 5.74) is 7.00. The first-order valence-electron chi connectivity index (χ1n) is 11.0. The first-order chi connectivity index (χ1) is 14.0. The number of rotatable bonds is 6. The van der Waals surface area contributed by atoms with E-state index in [0.29, 0.717) is 5.56 Å². The maximum atomic E-state index is 11.9. The van der Waals surface area contributed by atoms with Crippen LogP contribution in [0.2, 0.25) is 0 Å². The van der Waals surface area contributed by atoms with Crippen LogP contribution >= 0.6 is 0 Å². The topological polar surface area (TPSA) is 45.8 Å². The zero-order chi connectivity index (χ0) is 22.9. The molecule has 2 aromatic rings. The van der Waals surface area contributed by atoms with Gasteiger partial charge in [0.25, 0.3) is 5.56 Å². The lowest BCUT2D eigenvalue weighted by molar-refractivity contribution is 0.585. The summed E-state index contributed by atoms with van der Waals surface area (Å²) in [6, 6.07) is 6.64. The first-order valence-corrected chi connectivity index (χ1v) is 11.0. The summed E-state index contributed by atoms with van der Waals surface area (Å²) >= 11 is 0. The van der Waals surface area contributed by atoms with Crippen molar-refractivity contribution in [1.29, 1.82) is 0 Å². The number of hydrogen-bond donors (Lipinski definition) is 1. The standard InChI is InChI=1S/C14H20N2O.C13H20/c1-5-7-8-13-15-11(4)12(14(17)16-13)9-10(3)6-2;1-6-11-8-7-9-12(10(11)2)13(3,4)5/h6,9H,2,5,7-8H2,1,3-4H3,(H,15,16,17);7-9H,6H2,1-5H3/b10-9-;. The van der Waals surface area contributed by atoms with Crippen molar-refractivity contribution in [3.63, 3.8) is 0 Å². The molecule has 0 aliphatic rings. The minimum Gasteiger partial charge on any atom is -0.310 e. The second-order valence-electron chi connectivity index (χ2n) is 8.90. The molecule has 0 fully saturated rings. The van der Waals surface area contributed by atoms with Gasteiger partial charge in [-0.1, -0.05) is 77.5 Å². The van der Waals surface area contributed by atoms with E-state index in [0.717, 1.165) is 42.8 Å². The highest BCUT2D eigenvalue weighted by Gasteiger charge is 2.16. The summed E-state index contributed by atoms with van der Waals surface area (Å²) in [7, 11) is 0. The monoisotopic (exact) mass is 408 g/mol. The Balaban J connectivity index is 0.000000311. The van der Waals surface area contributed by atoms with E-state index in [1.165, 1.54) is 16.7 Å². The predicted octanol–water partition coefficient (Wildman–Crippen LogP) is 6.87.